The third kappa shape index (κ3) is 4.34. The lowest BCUT2D eigenvalue weighted by atomic mass is 9.90. The molecule has 2 aromatic rings. The van der Waals surface area contributed by atoms with Gasteiger partial charge in [-0.2, -0.15) is 0 Å². The standard InChI is InChI=1S/C22H28N4O3/c1-15(2)13-29-14-20(27)26-7-4-22(5-8-26)10-17(22)12-24-21(28)19-9-16-11-23-6-3-18(16)25-19/h3,6,9,11,17,25H,1,4-5,7-8,10,12-14H2,2H3,(H,24,28). The molecule has 29 heavy (non-hydrogen) atoms. The van der Waals surface area contributed by atoms with Crippen LogP contribution in [0.2, 0.25) is 0 Å². The highest BCUT2D eigenvalue weighted by Gasteiger charge is 2.54. The molecule has 2 aliphatic rings. The molecule has 2 N–H and O–H groups in total. The van der Waals surface area contributed by atoms with Gasteiger partial charge in [-0.1, -0.05) is 12.2 Å². The van der Waals surface area contributed by atoms with E-state index in [1.165, 1.54) is 0 Å². The molecular formula is C22H28N4O3. The third-order valence-corrected chi connectivity index (χ3v) is 6.22. The van der Waals surface area contributed by atoms with Crippen LogP contribution in [0.15, 0.2) is 36.7 Å². The van der Waals surface area contributed by atoms with Gasteiger partial charge in [0.1, 0.15) is 12.3 Å². The Kier molecular flexibility index (Phi) is 5.41. The molecule has 2 aromatic heterocycles. The fraction of sp³-hybridized carbons (Fsp3) is 0.500. The number of fused-ring (bicyclic) bond motifs is 1. The minimum Gasteiger partial charge on any atom is -0.367 e. The number of aromatic nitrogens is 2. The summed E-state index contributed by atoms with van der Waals surface area (Å²) >= 11 is 0. The van der Waals surface area contributed by atoms with Crippen LogP contribution < -0.4 is 5.32 Å². The number of nitrogens with one attached hydrogen (secondary N) is 2. The summed E-state index contributed by atoms with van der Waals surface area (Å²) in [6.07, 6.45) is 6.57. The first kappa shape index (κ1) is 19.6. The normalized spacial score (nSPS) is 20.0. The maximum Gasteiger partial charge on any atom is 0.267 e. The number of pyridine rings is 1. The molecular weight excluding hydrogens is 368 g/mol. The summed E-state index contributed by atoms with van der Waals surface area (Å²) in [4.78, 5) is 33.8. The summed E-state index contributed by atoms with van der Waals surface area (Å²) in [5, 5.41) is 4.00. The van der Waals surface area contributed by atoms with E-state index >= 15 is 0 Å². The number of aromatic amines is 1. The van der Waals surface area contributed by atoms with Gasteiger partial charge < -0.3 is 19.9 Å². The average molecular weight is 396 g/mol. The molecule has 1 aliphatic carbocycles. The summed E-state index contributed by atoms with van der Waals surface area (Å²) in [5.74, 6) is 0.472. The summed E-state index contributed by atoms with van der Waals surface area (Å²) in [7, 11) is 0. The molecule has 4 rings (SSSR count). The highest BCUT2D eigenvalue weighted by molar-refractivity contribution is 5.97. The van der Waals surface area contributed by atoms with Gasteiger partial charge in [0.2, 0.25) is 5.91 Å². The minimum atomic E-state index is -0.0782. The van der Waals surface area contributed by atoms with Crippen molar-refractivity contribution in [2.45, 2.75) is 26.2 Å². The largest absolute Gasteiger partial charge is 0.367 e. The lowest BCUT2D eigenvalue weighted by Crippen LogP contribution is -2.42. The number of ether oxygens (including phenoxy) is 1. The van der Waals surface area contributed by atoms with Gasteiger partial charge in [-0.25, -0.2) is 0 Å². The number of rotatable bonds is 7. The summed E-state index contributed by atoms with van der Waals surface area (Å²) < 4.78 is 5.38. The maximum atomic E-state index is 12.5. The monoisotopic (exact) mass is 396 g/mol. The topological polar surface area (TPSA) is 87.3 Å². The Morgan fingerprint density at radius 2 is 2.17 bits per heavy atom. The van der Waals surface area contributed by atoms with E-state index in [0.717, 1.165) is 48.8 Å². The summed E-state index contributed by atoms with van der Waals surface area (Å²) in [5.41, 5.74) is 2.69. The molecule has 1 unspecified atom stereocenters. The number of likely N-dealkylation sites (tertiary alicyclic amines) is 1. The molecule has 0 radical (unpaired) electrons. The highest BCUT2D eigenvalue weighted by Crippen LogP contribution is 2.59. The number of nitrogens with zero attached hydrogens (tertiary/aromatic N) is 2. The van der Waals surface area contributed by atoms with Crippen molar-refractivity contribution in [1.29, 1.82) is 0 Å². The first-order valence-electron chi connectivity index (χ1n) is 10.2. The van der Waals surface area contributed by atoms with Crippen LogP contribution in [0.3, 0.4) is 0 Å². The van der Waals surface area contributed by atoms with E-state index in [9.17, 15) is 9.59 Å². The van der Waals surface area contributed by atoms with Crippen LogP contribution in [0, 0.1) is 11.3 Å². The van der Waals surface area contributed by atoms with Crippen LogP contribution >= 0.6 is 0 Å². The zero-order chi connectivity index (χ0) is 20.4. The number of H-pyrrole nitrogens is 1. The Hall–Kier alpha value is -2.67. The summed E-state index contributed by atoms with van der Waals surface area (Å²) in [6, 6.07) is 3.70. The van der Waals surface area contributed by atoms with Gasteiger partial charge in [-0.05, 0) is 49.7 Å². The molecule has 7 nitrogen and oxygen atoms in total. The fourth-order valence-corrected chi connectivity index (χ4v) is 4.34. The van der Waals surface area contributed by atoms with E-state index in [-0.39, 0.29) is 23.8 Å². The maximum absolute atomic E-state index is 12.5. The molecule has 2 fully saturated rings. The van der Waals surface area contributed by atoms with Gasteiger partial charge in [0.05, 0.1) is 6.61 Å². The molecule has 1 saturated heterocycles. The van der Waals surface area contributed by atoms with Crippen molar-refractivity contribution in [2.75, 3.05) is 32.8 Å². The van der Waals surface area contributed by atoms with Crippen molar-refractivity contribution in [3.63, 3.8) is 0 Å². The van der Waals surface area contributed by atoms with Crippen molar-refractivity contribution >= 4 is 22.7 Å². The van der Waals surface area contributed by atoms with E-state index in [1.54, 1.807) is 12.4 Å². The van der Waals surface area contributed by atoms with Crippen molar-refractivity contribution < 1.29 is 14.3 Å². The molecule has 1 saturated carbocycles. The smallest absolute Gasteiger partial charge is 0.267 e. The van der Waals surface area contributed by atoms with Gasteiger partial charge in [-0.15, -0.1) is 0 Å². The molecule has 1 aliphatic heterocycles. The van der Waals surface area contributed by atoms with Crippen LogP contribution in [0.4, 0.5) is 0 Å². The van der Waals surface area contributed by atoms with Gasteiger partial charge in [-0.3, -0.25) is 14.6 Å². The quantitative estimate of drug-likeness (QED) is 0.704. The lowest BCUT2D eigenvalue weighted by molar-refractivity contribution is -0.137. The zero-order valence-electron chi connectivity index (χ0n) is 16.9. The van der Waals surface area contributed by atoms with Crippen LogP contribution in [0.25, 0.3) is 10.9 Å². The Balaban J connectivity index is 1.21. The number of carbonyl (C=O) groups excluding carboxylic acids is 2. The van der Waals surface area contributed by atoms with E-state index in [0.29, 0.717) is 24.8 Å². The number of hydrogen-bond donors (Lipinski definition) is 2. The Morgan fingerprint density at radius 3 is 2.90 bits per heavy atom. The van der Waals surface area contributed by atoms with Crippen molar-refractivity contribution in [3.05, 3.63) is 42.4 Å². The molecule has 3 heterocycles. The van der Waals surface area contributed by atoms with Crippen LogP contribution in [-0.4, -0.2) is 59.5 Å². The first-order valence-corrected chi connectivity index (χ1v) is 10.2. The average Bonchev–Trinajstić information content (AvgIpc) is 3.18. The first-order chi connectivity index (χ1) is 14.0. The number of hydrogen-bond acceptors (Lipinski definition) is 4. The van der Waals surface area contributed by atoms with E-state index in [2.05, 4.69) is 21.9 Å². The molecule has 2 amide bonds. The Bertz CT molecular complexity index is 894. The molecule has 0 bridgehead atoms. The van der Waals surface area contributed by atoms with Crippen molar-refractivity contribution in [2.24, 2.45) is 11.3 Å². The number of piperidine rings is 1. The van der Waals surface area contributed by atoms with Gasteiger partial charge in [0.25, 0.3) is 5.91 Å². The molecule has 1 spiro atoms. The Morgan fingerprint density at radius 1 is 1.38 bits per heavy atom. The fourth-order valence-electron chi connectivity index (χ4n) is 4.34. The SMILES string of the molecule is C=C(C)COCC(=O)N1CCC2(CC1)CC2CNC(=O)c1cc2cnccc2[nH]1. The number of carbonyl (C=O) groups is 2. The van der Waals surface area contributed by atoms with Gasteiger partial charge in [0.15, 0.2) is 0 Å². The zero-order valence-corrected chi connectivity index (χ0v) is 16.9. The molecule has 0 aromatic carbocycles. The second-order valence-electron chi connectivity index (χ2n) is 8.45. The second-order valence-corrected chi connectivity index (χ2v) is 8.45. The van der Waals surface area contributed by atoms with E-state index in [1.807, 2.05) is 24.0 Å². The molecule has 1 atom stereocenters. The van der Waals surface area contributed by atoms with Gasteiger partial charge >= 0.3 is 0 Å². The summed E-state index contributed by atoms with van der Waals surface area (Å²) in [6.45, 7) is 8.44. The minimum absolute atomic E-state index is 0.0555. The molecule has 154 valence electrons. The van der Waals surface area contributed by atoms with Crippen LogP contribution in [0.1, 0.15) is 36.7 Å². The van der Waals surface area contributed by atoms with Crippen molar-refractivity contribution in [3.8, 4) is 0 Å². The van der Waals surface area contributed by atoms with Crippen LogP contribution in [0.5, 0.6) is 0 Å². The highest BCUT2D eigenvalue weighted by atomic mass is 16.5. The predicted molar refractivity (Wildman–Crippen MR) is 110 cm³/mol. The van der Waals surface area contributed by atoms with E-state index in [4.69, 9.17) is 4.74 Å². The second kappa shape index (κ2) is 7.99. The van der Waals surface area contributed by atoms with Crippen molar-refractivity contribution in [1.82, 2.24) is 20.2 Å². The van der Waals surface area contributed by atoms with Gasteiger partial charge in [0, 0.05) is 42.9 Å². The Labute approximate surface area is 170 Å². The number of amides is 2. The lowest BCUT2D eigenvalue weighted by Gasteiger charge is -2.33. The van der Waals surface area contributed by atoms with E-state index < -0.39 is 0 Å². The third-order valence-electron chi connectivity index (χ3n) is 6.22. The predicted octanol–water partition coefficient (Wildman–Crippen LogP) is 2.51. The van der Waals surface area contributed by atoms with Crippen LogP contribution in [-0.2, 0) is 9.53 Å². The molecule has 7 heteroatoms.